The van der Waals surface area contributed by atoms with Gasteiger partial charge in [0.1, 0.15) is 5.82 Å². The van der Waals surface area contributed by atoms with E-state index >= 15 is 0 Å². The van der Waals surface area contributed by atoms with E-state index < -0.39 is 15.7 Å². The third-order valence-corrected chi connectivity index (χ3v) is 4.83. The standard InChI is InChI=1S/C13H11BrFNO2S/c14-10-3-6-13(12(16)7-10)19(17,18)8-9-1-4-11(15)5-2-9/h1-7H,8,16H2. The predicted octanol–water partition coefficient (Wildman–Crippen LogP) is 3.14. The fourth-order valence-corrected chi connectivity index (χ4v) is 3.54. The highest BCUT2D eigenvalue weighted by Gasteiger charge is 2.18. The van der Waals surface area contributed by atoms with Crippen molar-refractivity contribution in [1.29, 1.82) is 0 Å². The van der Waals surface area contributed by atoms with Crippen LogP contribution < -0.4 is 5.73 Å². The van der Waals surface area contributed by atoms with Gasteiger partial charge in [-0.25, -0.2) is 12.8 Å². The van der Waals surface area contributed by atoms with Gasteiger partial charge in [-0.2, -0.15) is 0 Å². The van der Waals surface area contributed by atoms with Crippen molar-refractivity contribution in [3.05, 3.63) is 58.3 Å². The van der Waals surface area contributed by atoms with Gasteiger partial charge >= 0.3 is 0 Å². The Balaban J connectivity index is 2.35. The molecule has 0 fully saturated rings. The molecule has 0 atom stereocenters. The van der Waals surface area contributed by atoms with Crippen LogP contribution in [0.25, 0.3) is 0 Å². The molecule has 0 unspecified atom stereocenters. The van der Waals surface area contributed by atoms with E-state index in [0.717, 1.165) is 0 Å². The molecule has 0 aromatic heterocycles. The van der Waals surface area contributed by atoms with Crippen LogP contribution in [0.2, 0.25) is 0 Å². The van der Waals surface area contributed by atoms with Gasteiger partial charge in [-0.05, 0) is 35.9 Å². The van der Waals surface area contributed by atoms with Crippen LogP contribution in [0.15, 0.2) is 51.8 Å². The first-order valence-electron chi connectivity index (χ1n) is 5.41. The van der Waals surface area contributed by atoms with Crippen molar-refractivity contribution < 1.29 is 12.8 Å². The molecule has 2 aromatic carbocycles. The molecule has 3 nitrogen and oxygen atoms in total. The SMILES string of the molecule is Nc1cc(Br)ccc1S(=O)(=O)Cc1ccc(F)cc1. The molecule has 0 saturated heterocycles. The third kappa shape index (κ3) is 3.33. The number of hydrogen-bond acceptors (Lipinski definition) is 3. The summed E-state index contributed by atoms with van der Waals surface area (Å²) in [5.41, 5.74) is 6.42. The largest absolute Gasteiger partial charge is 0.398 e. The smallest absolute Gasteiger partial charge is 0.184 e. The van der Waals surface area contributed by atoms with E-state index in [-0.39, 0.29) is 16.3 Å². The molecule has 0 aliphatic rings. The molecule has 6 heteroatoms. The fraction of sp³-hybridized carbons (Fsp3) is 0.0769. The van der Waals surface area contributed by atoms with Crippen molar-refractivity contribution >= 4 is 31.5 Å². The first-order valence-corrected chi connectivity index (χ1v) is 7.85. The zero-order valence-corrected chi connectivity index (χ0v) is 12.2. The molecule has 0 aliphatic heterocycles. The molecular formula is C13H11BrFNO2S. The normalized spacial score (nSPS) is 11.5. The molecule has 0 saturated carbocycles. The summed E-state index contributed by atoms with van der Waals surface area (Å²) in [6.07, 6.45) is 0. The Morgan fingerprint density at radius 3 is 2.32 bits per heavy atom. The van der Waals surface area contributed by atoms with Gasteiger partial charge in [-0.3, -0.25) is 0 Å². The van der Waals surface area contributed by atoms with Gasteiger partial charge in [0.25, 0.3) is 0 Å². The van der Waals surface area contributed by atoms with Crippen LogP contribution in [0.1, 0.15) is 5.56 Å². The topological polar surface area (TPSA) is 60.2 Å². The van der Waals surface area contributed by atoms with Crippen LogP contribution in [0.4, 0.5) is 10.1 Å². The average molecular weight is 344 g/mol. The minimum Gasteiger partial charge on any atom is -0.398 e. The van der Waals surface area contributed by atoms with Gasteiger partial charge in [0, 0.05) is 4.47 Å². The summed E-state index contributed by atoms with van der Waals surface area (Å²) in [7, 11) is -3.54. The van der Waals surface area contributed by atoms with E-state index in [1.165, 1.54) is 36.4 Å². The highest BCUT2D eigenvalue weighted by atomic mass is 79.9. The Kier molecular flexibility index (Phi) is 3.91. The predicted molar refractivity (Wildman–Crippen MR) is 75.8 cm³/mol. The highest BCUT2D eigenvalue weighted by Crippen LogP contribution is 2.25. The Hall–Kier alpha value is -1.40. The second-order valence-corrected chi connectivity index (χ2v) is 6.94. The molecule has 0 radical (unpaired) electrons. The van der Waals surface area contributed by atoms with Crippen LogP contribution in [0.3, 0.4) is 0 Å². The average Bonchev–Trinajstić information content (AvgIpc) is 2.31. The number of benzene rings is 2. The summed E-state index contributed by atoms with van der Waals surface area (Å²) in [5, 5.41) is 0. The number of rotatable bonds is 3. The maximum absolute atomic E-state index is 12.8. The molecule has 0 amide bonds. The van der Waals surface area contributed by atoms with Gasteiger partial charge in [-0.15, -0.1) is 0 Å². The Morgan fingerprint density at radius 1 is 1.11 bits per heavy atom. The molecule has 2 aromatic rings. The van der Waals surface area contributed by atoms with Gasteiger partial charge in [0.05, 0.1) is 16.3 Å². The van der Waals surface area contributed by atoms with Crippen molar-refractivity contribution in [3.63, 3.8) is 0 Å². The van der Waals surface area contributed by atoms with Crippen LogP contribution >= 0.6 is 15.9 Å². The fourth-order valence-electron chi connectivity index (χ4n) is 1.68. The van der Waals surface area contributed by atoms with Crippen molar-refractivity contribution in [2.75, 3.05) is 5.73 Å². The van der Waals surface area contributed by atoms with Crippen molar-refractivity contribution in [2.24, 2.45) is 0 Å². The van der Waals surface area contributed by atoms with Gasteiger partial charge in [-0.1, -0.05) is 28.1 Å². The molecule has 0 spiro atoms. The number of sulfone groups is 1. The number of hydrogen-bond donors (Lipinski definition) is 1. The monoisotopic (exact) mass is 343 g/mol. The number of nitrogen functional groups attached to an aromatic ring is 1. The minimum atomic E-state index is -3.54. The van der Waals surface area contributed by atoms with E-state index in [4.69, 9.17) is 5.73 Å². The first-order chi connectivity index (χ1) is 8.88. The number of anilines is 1. The summed E-state index contributed by atoms with van der Waals surface area (Å²) >= 11 is 3.22. The molecule has 0 bridgehead atoms. The summed E-state index contributed by atoms with van der Waals surface area (Å²) in [5.74, 6) is -0.608. The van der Waals surface area contributed by atoms with Crippen molar-refractivity contribution in [2.45, 2.75) is 10.6 Å². The molecule has 0 heterocycles. The van der Waals surface area contributed by atoms with Crippen LogP contribution in [-0.4, -0.2) is 8.42 Å². The summed E-state index contributed by atoms with van der Waals surface area (Å²) < 4.78 is 37.9. The van der Waals surface area contributed by atoms with E-state index in [0.29, 0.717) is 10.0 Å². The zero-order chi connectivity index (χ0) is 14.0. The lowest BCUT2D eigenvalue weighted by atomic mass is 10.2. The van der Waals surface area contributed by atoms with Gasteiger partial charge < -0.3 is 5.73 Å². The van der Waals surface area contributed by atoms with Crippen LogP contribution in [-0.2, 0) is 15.6 Å². The van der Waals surface area contributed by atoms with E-state index in [2.05, 4.69) is 15.9 Å². The second-order valence-electron chi connectivity index (χ2n) is 4.07. The maximum atomic E-state index is 12.8. The Morgan fingerprint density at radius 2 is 1.74 bits per heavy atom. The number of halogens is 2. The van der Waals surface area contributed by atoms with Crippen molar-refractivity contribution in [1.82, 2.24) is 0 Å². The summed E-state index contributed by atoms with van der Waals surface area (Å²) in [6, 6.07) is 9.97. The maximum Gasteiger partial charge on any atom is 0.184 e. The number of nitrogens with two attached hydrogens (primary N) is 1. The minimum absolute atomic E-state index is 0.0834. The second kappa shape index (κ2) is 5.30. The van der Waals surface area contributed by atoms with Crippen LogP contribution in [0, 0.1) is 5.82 Å². The third-order valence-electron chi connectivity index (χ3n) is 2.58. The van der Waals surface area contributed by atoms with Gasteiger partial charge in [0.2, 0.25) is 0 Å². The lowest BCUT2D eigenvalue weighted by Gasteiger charge is -2.08. The Labute approximate surface area is 119 Å². The molecular weight excluding hydrogens is 333 g/mol. The van der Waals surface area contributed by atoms with Crippen molar-refractivity contribution in [3.8, 4) is 0 Å². The lowest BCUT2D eigenvalue weighted by molar-refractivity contribution is 0.595. The van der Waals surface area contributed by atoms with Gasteiger partial charge in [0.15, 0.2) is 9.84 Å². The lowest BCUT2D eigenvalue weighted by Crippen LogP contribution is -2.08. The molecule has 2 rings (SSSR count). The molecule has 0 aliphatic carbocycles. The van der Waals surface area contributed by atoms with Crippen LogP contribution in [0.5, 0.6) is 0 Å². The summed E-state index contributed by atoms with van der Waals surface area (Å²) in [6.45, 7) is 0. The molecule has 100 valence electrons. The molecule has 2 N–H and O–H groups in total. The summed E-state index contributed by atoms with van der Waals surface area (Å²) in [4.78, 5) is 0.0834. The molecule has 19 heavy (non-hydrogen) atoms. The Bertz CT molecular complexity index is 699. The highest BCUT2D eigenvalue weighted by molar-refractivity contribution is 9.10. The first kappa shape index (κ1) is 14.0. The van der Waals surface area contributed by atoms with E-state index in [9.17, 15) is 12.8 Å². The van der Waals surface area contributed by atoms with E-state index in [1.807, 2.05) is 0 Å². The van der Waals surface area contributed by atoms with E-state index in [1.54, 1.807) is 6.07 Å². The quantitative estimate of drug-likeness (QED) is 0.871. The zero-order valence-electron chi connectivity index (χ0n) is 9.81.